The Kier molecular flexibility index (Phi) is 4.50. The van der Waals surface area contributed by atoms with Crippen LogP contribution in [0.25, 0.3) is 11.5 Å². The van der Waals surface area contributed by atoms with Gasteiger partial charge < -0.3 is 9.73 Å². The monoisotopic (exact) mass is 283 g/mol. The minimum atomic E-state index is -0.396. The maximum absolute atomic E-state index is 13.0. The molecule has 0 saturated carbocycles. The van der Waals surface area contributed by atoms with E-state index in [0.29, 0.717) is 17.3 Å². The van der Waals surface area contributed by atoms with Crippen LogP contribution in [0.3, 0.4) is 0 Å². The lowest BCUT2D eigenvalue weighted by molar-refractivity contribution is 0.402. The van der Waals surface area contributed by atoms with Crippen LogP contribution in [-0.2, 0) is 0 Å². The Morgan fingerprint density at radius 1 is 1.37 bits per heavy atom. The van der Waals surface area contributed by atoms with Crippen molar-refractivity contribution in [2.45, 2.75) is 26.3 Å². The molecule has 1 N–H and O–H groups in total. The van der Waals surface area contributed by atoms with Crippen molar-refractivity contribution in [2.24, 2.45) is 0 Å². The molecule has 0 aliphatic carbocycles. The SMILES string of the molecule is CCNC(CC)c1nnc(-c2ccc(F)cc2Cl)o1. The summed E-state index contributed by atoms with van der Waals surface area (Å²) >= 11 is 5.96. The van der Waals surface area contributed by atoms with E-state index in [0.717, 1.165) is 13.0 Å². The van der Waals surface area contributed by atoms with E-state index in [4.69, 9.17) is 16.0 Å². The van der Waals surface area contributed by atoms with E-state index in [1.54, 1.807) is 0 Å². The van der Waals surface area contributed by atoms with Gasteiger partial charge in [0.1, 0.15) is 5.82 Å². The van der Waals surface area contributed by atoms with Crippen LogP contribution in [0.1, 0.15) is 32.2 Å². The van der Waals surface area contributed by atoms with E-state index in [9.17, 15) is 4.39 Å². The molecule has 6 heteroatoms. The summed E-state index contributed by atoms with van der Waals surface area (Å²) in [6.07, 6.45) is 0.840. The largest absolute Gasteiger partial charge is 0.419 e. The molecular formula is C13H15ClFN3O. The Hall–Kier alpha value is -1.46. The summed E-state index contributed by atoms with van der Waals surface area (Å²) in [4.78, 5) is 0. The lowest BCUT2D eigenvalue weighted by Gasteiger charge is -2.10. The van der Waals surface area contributed by atoms with E-state index >= 15 is 0 Å². The van der Waals surface area contributed by atoms with Crippen molar-refractivity contribution in [2.75, 3.05) is 6.54 Å². The second kappa shape index (κ2) is 6.12. The molecule has 1 atom stereocenters. The highest BCUT2D eigenvalue weighted by Crippen LogP contribution is 2.28. The van der Waals surface area contributed by atoms with E-state index in [1.165, 1.54) is 18.2 Å². The molecule has 0 fully saturated rings. The lowest BCUT2D eigenvalue weighted by atomic mass is 10.2. The third-order valence-corrected chi connectivity index (χ3v) is 3.07. The molecule has 0 aliphatic heterocycles. The third kappa shape index (κ3) is 3.11. The van der Waals surface area contributed by atoms with Gasteiger partial charge in [-0.2, -0.15) is 0 Å². The summed E-state index contributed by atoms with van der Waals surface area (Å²) in [5.41, 5.74) is 0.535. The van der Waals surface area contributed by atoms with Crippen molar-refractivity contribution in [3.8, 4) is 11.5 Å². The van der Waals surface area contributed by atoms with Gasteiger partial charge in [0.2, 0.25) is 11.8 Å². The van der Waals surface area contributed by atoms with Crippen molar-refractivity contribution in [3.05, 3.63) is 34.9 Å². The number of benzene rings is 1. The molecule has 2 rings (SSSR count). The second-order valence-corrected chi connectivity index (χ2v) is 4.50. The molecule has 1 aromatic carbocycles. The molecule has 19 heavy (non-hydrogen) atoms. The zero-order valence-corrected chi connectivity index (χ0v) is 11.5. The van der Waals surface area contributed by atoms with Gasteiger partial charge in [0.05, 0.1) is 16.6 Å². The van der Waals surface area contributed by atoms with Gasteiger partial charge >= 0.3 is 0 Å². The van der Waals surface area contributed by atoms with Gasteiger partial charge in [0, 0.05) is 0 Å². The Morgan fingerprint density at radius 3 is 2.79 bits per heavy atom. The average molecular weight is 284 g/mol. The number of hydrogen-bond donors (Lipinski definition) is 1. The van der Waals surface area contributed by atoms with Crippen LogP contribution in [0.4, 0.5) is 4.39 Å². The maximum Gasteiger partial charge on any atom is 0.249 e. The fourth-order valence-corrected chi connectivity index (χ4v) is 2.05. The Bertz CT molecular complexity index is 559. The first-order valence-corrected chi connectivity index (χ1v) is 6.55. The number of aromatic nitrogens is 2. The first-order chi connectivity index (χ1) is 9.15. The van der Waals surface area contributed by atoms with E-state index < -0.39 is 5.82 Å². The van der Waals surface area contributed by atoms with Crippen LogP contribution in [0.2, 0.25) is 5.02 Å². The topological polar surface area (TPSA) is 51.0 Å². The second-order valence-electron chi connectivity index (χ2n) is 4.09. The summed E-state index contributed by atoms with van der Waals surface area (Å²) in [6, 6.07) is 4.09. The number of nitrogens with one attached hydrogen (secondary N) is 1. The molecule has 0 bridgehead atoms. The zero-order chi connectivity index (χ0) is 13.8. The van der Waals surface area contributed by atoms with Gasteiger partial charge in [-0.25, -0.2) is 4.39 Å². The first-order valence-electron chi connectivity index (χ1n) is 6.17. The van der Waals surface area contributed by atoms with Crippen LogP contribution in [-0.4, -0.2) is 16.7 Å². The van der Waals surface area contributed by atoms with Crippen molar-refractivity contribution in [1.82, 2.24) is 15.5 Å². The fourth-order valence-electron chi connectivity index (χ4n) is 1.80. The summed E-state index contributed by atoms with van der Waals surface area (Å²) in [7, 11) is 0. The van der Waals surface area contributed by atoms with Gasteiger partial charge in [-0.15, -0.1) is 10.2 Å². The third-order valence-electron chi connectivity index (χ3n) is 2.76. The zero-order valence-electron chi connectivity index (χ0n) is 10.8. The van der Waals surface area contributed by atoms with Crippen LogP contribution in [0.5, 0.6) is 0 Å². The molecule has 0 aliphatic rings. The van der Waals surface area contributed by atoms with E-state index in [-0.39, 0.29) is 11.1 Å². The molecule has 102 valence electrons. The molecule has 4 nitrogen and oxygen atoms in total. The molecule has 0 saturated heterocycles. The molecule has 1 unspecified atom stereocenters. The summed E-state index contributed by atoms with van der Waals surface area (Å²) in [5, 5.41) is 11.5. The van der Waals surface area contributed by atoms with Crippen molar-refractivity contribution in [1.29, 1.82) is 0 Å². The highest BCUT2D eigenvalue weighted by Gasteiger charge is 2.18. The van der Waals surface area contributed by atoms with Gasteiger partial charge in [-0.05, 0) is 31.2 Å². The fraction of sp³-hybridized carbons (Fsp3) is 0.385. The standard InChI is InChI=1S/C13H15ClFN3O/c1-3-11(16-4-2)13-18-17-12(19-13)9-6-5-8(15)7-10(9)14/h5-7,11,16H,3-4H2,1-2H3. The van der Waals surface area contributed by atoms with Crippen molar-refractivity contribution < 1.29 is 8.81 Å². The van der Waals surface area contributed by atoms with Crippen molar-refractivity contribution in [3.63, 3.8) is 0 Å². The quantitative estimate of drug-likeness (QED) is 0.911. The van der Waals surface area contributed by atoms with Gasteiger partial charge in [-0.1, -0.05) is 25.4 Å². The Labute approximate surface area is 116 Å². The maximum atomic E-state index is 13.0. The van der Waals surface area contributed by atoms with Crippen LogP contribution >= 0.6 is 11.6 Å². The van der Waals surface area contributed by atoms with Gasteiger partial charge in [0.15, 0.2) is 0 Å². The predicted octanol–water partition coefficient (Wildman–Crippen LogP) is 3.59. The smallest absolute Gasteiger partial charge is 0.249 e. The summed E-state index contributed by atoms with van der Waals surface area (Å²) in [5.74, 6) is 0.420. The average Bonchev–Trinajstić information content (AvgIpc) is 2.85. The summed E-state index contributed by atoms with van der Waals surface area (Å²) < 4.78 is 18.6. The molecule has 1 aromatic heterocycles. The summed E-state index contributed by atoms with van der Waals surface area (Å²) in [6.45, 7) is 4.85. The molecular weight excluding hydrogens is 269 g/mol. The number of halogens is 2. The number of nitrogens with zero attached hydrogens (tertiary/aromatic N) is 2. The minimum Gasteiger partial charge on any atom is -0.419 e. The Balaban J connectivity index is 2.29. The van der Waals surface area contributed by atoms with Crippen LogP contribution in [0.15, 0.2) is 22.6 Å². The van der Waals surface area contributed by atoms with Gasteiger partial charge in [0.25, 0.3) is 0 Å². The normalized spacial score (nSPS) is 12.6. The molecule has 1 heterocycles. The molecule has 2 aromatic rings. The molecule has 0 amide bonds. The number of rotatable bonds is 5. The number of hydrogen-bond acceptors (Lipinski definition) is 4. The van der Waals surface area contributed by atoms with E-state index in [1.807, 2.05) is 13.8 Å². The minimum absolute atomic E-state index is 0.0190. The first kappa shape index (κ1) is 14.0. The highest BCUT2D eigenvalue weighted by atomic mass is 35.5. The molecule has 0 radical (unpaired) electrons. The van der Waals surface area contributed by atoms with Crippen LogP contribution < -0.4 is 5.32 Å². The van der Waals surface area contributed by atoms with Gasteiger partial charge in [-0.3, -0.25) is 0 Å². The highest BCUT2D eigenvalue weighted by molar-refractivity contribution is 6.33. The Morgan fingerprint density at radius 2 is 2.16 bits per heavy atom. The van der Waals surface area contributed by atoms with Crippen LogP contribution in [0, 0.1) is 5.82 Å². The predicted molar refractivity (Wildman–Crippen MR) is 71.4 cm³/mol. The van der Waals surface area contributed by atoms with E-state index in [2.05, 4.69) is 15.5 Å². The van der Waals surface area contributed by atoms with Crippen molar-refractivity contribution >= 4 is 11.6 Å². The molecule has 0 spiro atoms. The lowest BCUT2D eigenvalue weighted by Crippen LogP contribution is -2.20.